The van der Waals surface area contributed by atoms with E-state index in [1.165, 1.54) is 24.3 Å². The monoisotopic (exact) mass is 420 g/mol. The Morgan fingerprint density at radius 3 is 2.44 bits per heavy atom. The van der Waals surface area contributed by atoms with Crippen LogP contribution >= 0.6 is 11.3 Å². The average Bonchev–Trinajstić information content (AvgIpc) is 3.06. The molecule has 27 heavy (non-hydrogen) atoms. The van der Waals surface area contributed by atoms with E-state index in [1.807, 2.05) is 21.5 Å². The number of carbonyl (C=O) groups is 1. The molecule has 2 N–H and O–H groups in total. The van der Waals surface area contributed by atoms with Crippen LogP contribution in [-0.2, 0) is 27.4 Å². The molecule has 1 aromatic carbocycles. The van der Waals surface area contributed by atoms with Crippen LogP contribution in [0.25, 0.3) is 0 Å². The number of sulfonamides is 1. The van der Waals surface area contributed by atoms with Gasteiger partial charge in [0.15, 0.2) is 0 Å². The van der Waals surface area contributed by atoms with Gasteiger partial charge in [-0.25, -0.2) is 8.42 Å². The van der Waals surface area contributed by atoms with Gasteiger partial charge in [0, 0.05) is 6.04 Å². The number of halogens is 3. The highest BCUT2D eigenvalue weighted by atomic mass is 32.2. The van der Waals surface area contributed by atoms with E-state index in [0.717, 1.165) is 17.7 Å². The molecule has 0 radical (unpaired) electrons. The first-order valence-corrected chi connectivity index (χ1v) is 10.4. The fourth-order valence-corrected chi connectivity index (χ4v) is 4.58. The molecule has 1 aromatic heterocycles. The molecule has 2 aromatic rings. The van der Waals surface area contributed by atoms with Crippen LogP contribution in [0.3, 0.4) is 0 Å². The molecule has 0 aliphatic carbocycles. The Labute approximate surface area is 159 Å². The van der Waals surface area contributed by atoms with Crippen molar-refractivity contribution in [2.24, 2.45) is 0 Å². The largest absolute Gasteiger partial charge is 0.417 e. The molecule has 0 aliphatic rings. The summed E-state index contributed by atoms with van der Waals surface area (Å²) in [5.41, 5.74) is -0.254. The zero-order chi connectivity index (χ0) is 20.2. The fraction of sp³-hybridized carbons (Fsp3) is 0.353. The number of rotatable bonds is 7. The summed E-state index contributed by atoms with van der Waals surface area (Å²) in [6.45, 7) is 3.04. The Morgan fingerprint density at radius 1 is 1.19 bits per heavy atom. The number of benzene rings is 1. The van der Waals surface area contributed by atoms with E-state index in [4.69, 9.17) is 0 Å². The lowest BCUT2D eigenvalue weighted by molar-refractivity contribution is -0.139. The van der Waals surface area contributed by atoms with Crippen LogP contribution in [-0.4, -0.2) is 26.4 Å². The average molecular weight is 420 g/mol. The van der Waals surface area contributed by atoms with Gasteiger partial charge < -0.3 is 5.32 Å². The minimum absolute atomic E-state index is 0.262. The molecular formula is C17H19F3N2O3S2. The van der Waals surface area contributed by atoms with Gasteiger partial charge in [0.05, 0.1) is 16.5 Å². The number of thiophene rings is 1. The van der Waals surface area contributed by atoms with Gasteiger partial charge in [-0.15, -0.1) is 0 Å². The quantitative estimate of drug-likeness (QED) is 0.723. The van der Waals surface area contributed by atoms with Crippen LogP contribution < -0.4 is 10.0 Å². The molecular weight excluding hydrogens is 401 g/mol. The highest BCUT2D eigenvalue weighted by Crippen LogP contribution is 2.33. The van der Waals surface area contributed by atoms with Crippen molar-refractivity contribution in [3.05, 3.63) is 52.2 Å². The second-order valence-electron chi connectivity index (χ2n) is 6.08. The molecule has 0 saturated carbocycles. The van der Waals surface area contributed by atoms with Crippen LogP contribution in [0.1, 0.15) is 25.0 Å². The van der Waals surface area contributed by atoms with Crippen LogP contribution in [0.4, 0.5) is 13.2 Å². The highest BCUT2D eigenvalue weighted by molar-refractivity contribution is 7.89. The number of nitrogens with one attached hydrogen (secondary N) is 2. The van der Waals surface area contributed by atoms with Crippen molar-refractivity contribution in [1.29, 1.82) is 0 Å². The lowest BCUT2D eigenvalue weighted by Gasteiger charge is -2.19. The van der Waals surface area contributed by atoms with E-state index in [-0.39, 0.29) is 6.04 Å². The zero-order valence-corrected chi connectivity index (χ0v) is 16.2. The molecule has 10 heteroatoms. The van der Waals surface area contributed by atoms with E-state index in [9.17, 15) is 26.4 Å². The van der Waals surface area contributed by atoms with Gasteiger partial charge in [-0.3, -0.25) is 4.79 Å². The summed E-state index contributed by atoms with van der Waals surface area (Å²) in [5.74, 6) is -0.620. The van der Waals surface area contributed by atoms with E-state index >= 15 is 0 Å². The van der Waals surface area contributed by atoms with Crippen LogP contribution in [0, 0.1) is 0 Å². The van der Waals surface area contributed by atoms with E-state index < -0.39 is 38.6 Å². The van der Waals surface area contributed by atoms with Gasteiger partial charge in [-0.1, -0.05) is 12.1 Å². The summed E-state index contributed by atoms with van der Waals surface area (Å²) in [6.07, 6.45) is -4.27. The Morgan fingerprint density at radius 2 is 1.85 bits per heavy atom. The summed E-state index contributed by atoms with van der Waals surface area (Å²) >= 11 is 1.52. The van der Waals surface area contributed by atoms with Crippen molar-refractivity contribution in [2.75, 3.05) is 0 Å². The van der Waals surface area contributed by atoms with Crippen molar-refractivity contribution < 1.29 is 26.4 Å². The fourth-order valence-electron chi connectivity index (χ4n) is 2.47. The minimum atomic E-state index is -4.83. The molecule has 5 nitrogen and oxygen atoms in total. The third-order valence-corrected chi connectivity index (χ3v) is 6.05. The Bertz CT molecular complexity index is 881. The maximum atomic E-state index is 13.1. The third kappa shape index (κ3) is 5.78. The Balaban J connectivity index is 2.08. The standard InChI is InChI=1S/C17H19F3N2O3S2/c1-11(9-13-7-8-26-10-13)21-16(23)12(2)22-27(24,25)15-6-4-3-5-14(15)17(18,19)20/h3-8,10-12,22H,9H2,1-2H3,(H,21,23)/t11?,12-/m0/s1. The Kier molecular flexibility index (Phi) is 6.66. The predicted molar refractivity (Wildman–Crippen MR) is 96.9 cm³/mol. The van der Waals surface area contributed by atoms with Gasteiger partial charge in [-0.2, -0.15) is 29.2 Å². The molecule has 0 spiro atoms. The molecule has 1 amide bonds. The van der Waals surface area contributed by atoms with Crippen molar-refractivity contribution in [2.45, 2.75) is 43.4 Å². The van der Waals surface area contributed by atoms with E-state index in [1.54, 1.807) is 6.92 Å². The van der Waals surface area contributed by atoms with Crippen LogP contribution in [0.5, 0.6) is 0 Å². The highest BCUT2D eigenvalue weighted by Gasteiger charge is 2.37. The first-order chi connectivity index (χ1) is 12.5. The number of amides is 1. The second kappa shape index (κ2) is 8.41. The number of carbonyl (C=O) groups excluding carboxylic acids is 1. The third-order valence-electron chi connectivity index (χ3n) is 3.72. The molecule has 0 fully saturated rings. The maximum absolute atomic E-state index is 13.1. The zero-order valence-electron chi connectivity index (χ0n) is 14.6. The van der Waals surface area contributed by atoms with E-state index in [0.29, 0.717) is 12.5 Å². The topological polar surface area (TPSA) is 75.3 Å². The van der Waals surface area contributed by atoms with Crippen molar-refractivity contribution in [3.8, 4) is 0 Å². The summed E-state index contributed by atoms with van der Waals surface area (Å²) in [7, 11) is -4.53. The maximum Gasteiger partial charge on any atom is 0.417 e. The first kappa shape index (κ1) is 21.4. The second-order valence-corrected chi connectivity index (χ2v) is 8.54. The summed E-state index contributed by atoms with van der Waals surface area (Å²) in [4.78, 5) is 11.3. The SMILES string of the molecule is CC(Cc1ccsc1)NC(=O)[C@H](C)NS(=O)(=O)c1ccccc1C(F)(F)F. The van der Waals surface area contributed by atoms with Gasteiger partial charge in [0.1, 0.15) is 0 Å². The van der Waals surface area contributed by atoms with E-state index in [2.05, 4.69) is 5.32 Å². The van der Waals surface area contributed by atoms with Crippen LogP contribution in [0.15, 0.2) is 46.0 Å². The molecule has 1 unspecified atom stereocenters. The summed E-state index contributed by atoms with van der Waals surface area (Å²) in [6, 6.07) is 4.24. The first-order valence-electron chi connectivity index (χ1n) is 8.00. The minimum Gasteiger partial charge on any atom is -0.352 e. The lowest BCUT2D eigenvalue weighted by atomic mass is 10.1. The van der Waals surface area contributed by atoms with Crippen molar-refractivity contribution in [1.82, 2.24) is 10.0 Å². The molecule has 2 rings (SSSR count). The van der Waals surface area contributed by atoms with Gasteiger partial charge in [0.25, 0.3) is 0 Å². The van der Waals surface area contributed by atoms with Crippen LogP contribution in [0.2, 0.25) is 0 Å². The smallest absolute Gasteiger partial charge is 0.352 e. The number of alkyl halides is 3. The molecule has 2 atom stereocenters. The summed E-state index contributed by atoms with van der Waals surface area (Å²) in [5, 5.41) is 6.49. The lowest BCUT2D eigenvalue weighted by Crippen LogP contribution is -2.48. The molecule has 0 bridgehead atoms. The predicted octanol–water partition coefficient (Wildman–Crippen LogP) is 3.18. The Hall–Kier alpha value is -1.91. The normalized spacial score (nSPS) is 14.6. The molecule has 0 aliphatic heterocycles. The van der Waals surface area contributed by atoms with Crippen molar-refractivity contribution >= 4 is 27.3 Å². The molecule has 1 heterocycles. The molecule has 148 valence electrons. The van der Waals surface area contributed by atoms with Gasteiger partial charge in [0.2, 0.25) is 15.9 Å². The van der Waals surface area contributed by atoms with Gasteiger partial charge in [-0.05, 0) is 54.8 Å². The van der Waals surface area contributed by atoms with Gasteiger partial charge >= 0.3 is 6.18 Å². The summed E-state index contributed by atoms with van der Waals surface area (Å²) < 4.78 is 65.9. The van der Waals surface area contributed by atoms with Crippen molar-refractivity contribution in [3.63, 3.8) is 0 Å². The molecule has 0 saturated heterocycles. The number of hydrogen-bond acceptors (Lipinski definition) is 4. The number of hydrogen-bond donors (Lipinski definition) is 2.